The van der Waals surface area contributed by atoms with E-state index in [1.165, 1.54) is 7.05 Å². The van der Waals surface area contributed by atoms with Crippen LogP contribution in [0.25, 0.3) is 0 Å². The molecule has 100 valence electrons. The number of carboxylic acid groups (broad SMARTS) is 1. The number of likely N-dealkylation sites (N-methyl/N-ethyl adjacent to an activating group) is 1. The normalized spacial score (nSPS) is 11.6. The Bertz CT molecular complexity index is 554. The molecule has 0 unspecified atom stereocenters. The molecule has 0 atom stereocenters. The van der Waals surface area contributed by atoms with Gasteiger partial charge >= 0.3 is 16.2 Å². The number of hydrogen-bond acceptors (Lipinski definition) is 3. The molecule has 2 N–H and O–H groups in total. The number of nitrogens with zero attached hydrogens (tertiary/aromatic N) is 1. The molecule has 0 saturated carbocycles. The third-order valence-electron chi connectivity index (χ3n) is 2.39. The van der Waals surface area contributed by atoms with Crippen LogP contribution in [-0.2, 0) is 15.0 Å². The van der Waals surface area contributed by atoms with Crippen LogP contribution in [-0.4, -0.2) is 37.4 Å². The zero-order valence-electron chi connectivity index (χ0n) is 10.5. The lowest BCUT2D eigenvalue weighted by Crippen LogP contribution is -2.36. The second kappa shape index (κ2) is 5.36. The van der Waals surface area contributed by atoms with E-state index < -0.39 is 22.7 Å². The molecule has 1 aromatic rings. The Labute approximate surface area is 106 Å². The fraction of sp³-hybridized carbons (Fsp3) is 0.364. The molecule has 7 heteroatoms. The summed E-state index contributed by atoms with van der Waals surface area (Å²) in [5, 5.41) is 8.57. The summed E-state index contributed by atoms with van der Waals surface area (Å²) in [4.78, 5) is 10.5. The van der Waals surface area contributed by atoms with Gasteiger partial charge in [0, 0.05) is 7.05 Å². The van der Waals surface area contributed by atoms with Gasteiger partial charge in [-0.2, -0.15) is 12.7 Å². The minimum atomic E-state index is -3.84. The van der Waals surface area contributed by atoms with Crippen LogP contribution in [0.15, 0.2) is 18.2 Å². The van der Waals surface area contributed by atoms with Crippen LogP contribution in [0, 0.1) is 13.8 Å². The van der Waals surface area contributed by atoms with Crippen LogP contribution in [0.1, 0.15) is 11.1 Å². The monoisotopic (exact) mass is 272 g/mol. The first-order valence-corrected chi connectivity index (χ1v) is 6.69. The van der Waals surface area contributed by atoms with Crippen molar-refractivity contribution in [1.82, 2.24) is 4.31 Å². The van der Waals surface area contributed by atoms with Crippen molar-refractivity contribution in [2.75, 3.05) is 18.3 Å². The Kier molecular flexibility index (Phi) is 4.31. The van der Waals surface area contributed by atoms with E-state index in [0.29, 0.717) is 5.69 Å². The van der Waals surface area contributed by atoms with Crippen LogP contribution < -0.4 is 4.72 Å². The number of benzene rings is 1. The molecule has 0 heterocycles. The van der Waals surface area contributed by atoms with Crippen molar-refractivity contribution in [3.05, 3.63) is 29.3 Å². The van der Waals surface area contributed by atoms with Gasteiger partial charge in [-0.1, -0.05) is 17.7 Å². The molecule has 1 aromatic carbocycles. The highest BCUT2D eigenvalue weighted by Crippen LogP contribution is 2.18. The minimum absolute atomic E-state index is 0.442. The largest absolute Gasteiger partial charge is 0.480 e. The highest BCUT2D eigenvalue weighted by atomic mass is 32.2. The Morgan fingerprint density at radius 2 is 2.00 bits per heavy atom. The molecule has 0 fully saturated rings. The molecule has 0 saturated heterocycles. The van der Waals surface area contributed by atoms with Gasteiger partial charge in [0.1, 0.15) is 6.54 Å². The highest BCUT2D eigenvalue weighted by molar-refractivity contribution is 7.90. The summed E-state index contributed by atoms with van der Waals surface area (Å²) >= 11 is 0. The third-order valence-corrected chi connectivity index (χ3v) is 3.82. The summed E-state index contributed by atoms with van der Waals surface area (Å²) in [6.07, 6.45) is 0. The standard InChI is InChI=1S/C11H16N2O4S/c1-8-4-5-10(9(2)6-8)12-18(16,17)13(3)7-11(14)15/h4-6,12H,7H2,1-3H3,(H,14,15). The van der Waals surface area contributed by atoms with E-state index in [-0.39, 0.29) is 0 Å². The van der Waals surface area contributed by atoms with Crippen molar-refractivity contribution < 1.29 is 18.3 Å². The molecular weight excluding hydrogens is 256 g/mol. The summed E-state index contributed by atoms with van der Waals surface area (Å²) in [7, 11) is -2.63. The number of anilines is 1. The Hall–Kier alpha value is -1.60. The van der Waals surface area contributed by atoms with Crippen molar-refractivity contribution in [2.45, 2.75) is 13.8 Å². The molecule has 0 aromatic heterocycles. The SMILES string of the molecule is Cc1ccc(NS(=O)(=O)N(C)CC(=O)O)c(C)c1. The number of aryl methyl sites for hydroxylation is 2. The molecule has 0 spiro atoms. The van der Waals surface area contributed by atoms with E-state index in [2.05, 4.69) is 4.72 Å². The average molecular weight is 272 g/mol. The predicted molar refractivity (Wildman–Crippen MR) is 68.7 cm³/mol. The quantitative estimate of drug-likeness (QED) is 0.836. The second-order valence-electron chi connectivity index (χ2n) is 4.08. The van der Waals surface area contributed by atoms with E-state index in [4.69, 9.17) is 5.11 Å². The predicted octanol–water partition coefficient (Wildman–Crippen LogP) is 0.977. The van der Waals surface area contributed by atoms with Crippen molar-refractivity contribution >= 4 is 21.9 Å². The minimum Gasteiger partial charge on any atom is -0.480 e. The molecule has 0 radical (unpaired) electrons. The third kappa shape index (κ3) is 3.71. The molecule has 0 aliphatic rings. The Balaban J connectivity index is 2.92. The summed E-state index contributed by atoms with van der Waals surface area (Å²) in [5.74, 6) is -1.21. The Morgan fingerprint density at radius 3 is 2.50 bits per heavy atom. The lowest BCUT2D eigenvalue weighted by atomic mass is 10.1. The first-order chi connectivity index (χ1) is 8.22. The van der Waals surface area contributed by atoms with Gasteiger partial charge in [-0.25, -0.2) is 0 Å². The zero-order chi connectivity index (χ0) is 13.9. The number of carbonyl (C=O) groups is 1. The number of rotatable bonds is 5. The van der Waals surface area contributed by atoms with Crippen molar-refractivity contribution in [2.24, 2.45) is 0 Å². The van der Waals surface area contributed by atoms with Crippen molar-refractivity contribution in [3.63, 3.8) is 0 Å². The van der Waals surface area contributed by atoms with Gasteiger partial charge in [0.25, 0.3) is 0 Å². The van der Waals surface area contributed by atoms with Gasteiger partial charge in [-0.15, -0.1) is 0 Å². The maximum atomic E-state index is 11.8. The molecular formula is C11H16N2O4S. The van der Waals surface area contributed by atoms with Gasteiger partial charge in [0.2, 0.25) is 0 Å². The first-order valence-electron chi connectivity index (χ1n) is 5.25. The number of carboxylic acids is 1. The van der Waals surface area contributed by atoms with Crippen LogP contribution in [0.5, 0.6) is 0 Å². The van der Waals surface area contributed by atoms with Gasteiger partial charge < -0.3 is 5.11 Å². The maximum Gasteiger partial charge on any atom is 0.318 e. The smallest absolute Gasteiger partial charge is 0.318 e. The second-order valence-corrected chi connectivity index (χ2v) is 5.85. The summed E-state index contributed by atoms with van der Waals surface area (Å²) in [6, 6.07) is 5.27. The van der Waals surface area contributed by atoms with E-state index in [0.717, 1.165) is 15.4 Å². The number of hydrogen-bond donors (Lipinski definition) is 2. The lowest BCUT2D eigenvalue weighted by Gasteiger charge is -2.17. The maximum absolute atomic E-state index is 11.8. The van der Waals surface area contributed by atoms with Crippen LogP contribution in [0.3, 0.4) is 0 Å². The molecule has 0 bridgehead atoms. The molecule has 0 aliphatic carbocycles. The molecule has 6 nitrogen and oxygen atoms in total. The summed E-state index contributed by atoms with van der Waals surface area (Å²) in [6.45, 7) is 3.10. The summed E-state index contributed by atoms with van der Waals surface area (Å²) < 4.78 is 26.7. The van der Waals surface area contributed by atoms with E-state index >= 15 is 0 Å². The molecule has 18 heavy (non-hydrogen) atoms. The number of aliphatic carboxylic acids is 1. The van der Waals surface area contributed by atoms with Gasteiger partial charge in [-0.05, 0) is 25.5 Å². The van der Waals surface area contributed by atoms with Crippen molar-refractivity contribution in [3.8, 4) is 0 Å². The van der Waals surface area contributed by atoms with E-state index in [1.54, 1.807) is 19.1 Å². The van der Waals surface area contributed by atoms with E-state index in [9.17, 15) is 13.2 Å². The molecule has 0 aliphatic heterocycles. The fourth-order valence-corrected chi connectivity index (χ4v) is 2.36. The average Bonchev–Trinajstić information content (AvgIpc) is 2.21. The van der Waals surface area contributed by atoms with Gasteiger partial charge in [-0.3, -0.25) is 9.52 Å². The first kappa shape index (κ1) is 14.5. The van der Waals surface area contributed by atoms with Crippen LogP contribution >= 0.6 is 0 Å². The topological polar surface area (TPSA) is 86.7 Å². The molecule has 1 rings (SSSR count). The lowest BCUT2D eigenvalue weighted by molar-refractivity contribution is -0.137. The van der Waals surface area contributed by atoms with Gasteiger partial charge in [0.05, 0.1) is 5.69 Å². The Morgan fingerprint density at radius 1 is 1.39 bits per heavy atom. The van der Waals surface area contributed by atoms with Crippen LogP contribution in [0.4, 0.5) is 5.69 Å². The van der Waals surface area contributed by atoms with E-state index in [1.807, 2.05) is 13.0 Å². The van der Waals surface area contributed by atoms with Crippen LogP contribution in [0.2, 0.25) is 0 Å². The fourth-order valence-electron chi connectivity index (χ4n) is 1.42. The molecule has 0 amide bonds. The van der Waals surface area contributed by atoms with Crippen molar-refractivity contribution in [1.29, 1.82) is 0 Å². The van der Waals surface area contributed by atoms with Gasteiger partial charge in [0.15, 0.2) is 0 Å². The zero-order valence-corrected chi connectivity index (χ0v) is 11.3. The summed E-state index contributed by atoms with van der Waals surface area (Å²) in [5.41, 5.74) is 2.24. The highest BCUT2D eigenvalue weighted by Gasteiger charge is 2.20. The number of nitrogens with one attached hydrogen (secondary N) is 1.